The fraction of sp³-hybridized carbons (Fsp3) is 0.526. The van der Waals surface area contributed by atoms with Crippen molar-refractivity contribution in [2.24, 2.45) is 0 Å². The number of benzene rings is 1. The summed E-state index contributed by atoms with van der Waals surface area (Å²) in [6.45, 7) is 2.27. The topological polar surface area (TPSA) is 69.0 Å². The van der Waals surface area contributed by atoms with Crippen molar-refractivity contribution in [1.82, 2.24) is 20.1 Å². The van der Waals surface area contributed by atoms with Gasteiger partial charge in [-0.1, -0.05) is 11.6 Å². The molecule has 1 fully saturated rings. The molecule has 1 aromatic heterocycles. The second kappa shape index (κ2) is 7.94. The van der Waals surface area contributed by atoms with Crippen molar-refractivity contribution in [1.29, 1.82) is 0 Å². The van der Waals surface area contributed by atoms with Gasteiger partial charge in [-0.2, -0.15) is 0 Å². The van der Waals surface area contributed by atoms with Gasteiger partial charge in [-0.3, -0.25) is 4.79 Å². The highest BCUT2D eigenvalue weighted by atomic mass is 35.5. The normalized spacial score (nSPS) is 20.7. The number of halogens is 2. The van der Waals surface area contributed by atoms with Gasteiger partial charge in [-0.25, -0.2) is 4.39 Å². The molecule has 2 aliphatic rings. The van der Waals surface area contributed by atoms with E-state index >= 15 is 0 Å². The largest absolute Gasteiger partial charge is 0.381 e. The maximum absolute atomic E-state index is 13.9. The molecule has 27 heavy (non-hydrogen) atoms. The predicted octanol–water partition coefficient (Wildman–Crippen LogP) is 3.10. The molecule has 2 aromatic rings. The second-order valence-electron chi connectivity index (χ2n) is 7.13. The van der Waals surface area contributed by atoms with Crippen LogP contribution >= 0.6 is 11.6 Å². The van der Waals surface area contributed by atoms with Crippen LogP contribution in [0.25, 0.3) is 0 Å². The van der Waals surface area contributed by atoms with Crippen molar-refractivity contribution in [3.8, 4) is 0 Å². The Morgan fingerprint density at radius 1 is 1.22 bits per heavy atom. The zero-order valence-electron chi connectivity index (χ0n) is 15.0. The highest BCUT2D eigenvalue weighted by molar-refractivity contribution is 6.31. The molecule has 0 radical (unpaired) electrons. The highest BCUT2D eigenvalue weighted by Gasteiger charge is 2.27. The Bertz CT molecular complexity index is 835. The zero-order chi connectivity index (χ0) is 18.8. The first kappa shape index (κ1) is 18.4. The lowest BCUT2D eigenvalue weighted by Gasteiger charge is -2.22. The van der Waals surface area contributed by atoms with Gasteiger partial charge in [0, 0.05) is 43.2 Å². The first-order valence-corrected chi connectivity index (χ1v) is 9.75. The summed E-state index contributed by atoms with van der Waals surface area (Å²) in [4.78, 5) is 12.5. The molecule has 144 valence electrons. The van der Waals surface area contributed by atoms with Crippen LogP contribution in [0.3, 0.4) is 0 Å². The molecule has 1 saturated heterocycles. The summed E-state index contributed by atoms with van der Waals surface area (Å²) < 4.78 is 21.6. The minimum atomic E-state index is -0.565. The number of aryl methyl sites for hydroxylation is 1. The Balaban J connectivity index is 1.43. The molecule has 1 N–H and O–H groups in total. The van der Waals surface area contributed by atoms with E-state index < -0.39 is 11.7 Å². The summed E-state index contributed by atoms with van der Waals surface area (Å²) in [5, 5.41) is 12.1. The van der Waals surface area contributed by atoms with Crippen molar-refractivity contribution in [2.45, 2.75) is 50.6 Å². The summed E-state index contributed by atoms with van der Waals surface area (Å²) in [5.74, 6) is 1.38. The van der Waals surface area contributed by atoms with Crippen LogP contribution in [0, 0.1) is 5.82 Å². The van der Waals surface area contributed by atoms with Crippen LogP contribution in [0.15, 0.2) is 18.2 Å². The Morgan fingerprint density at radius 3 is 2.85 bits per heavy atom. The minimum absolute atomic E-state index is 0.0194. The molecule has 6 nitrogen and oxygen atoms in total. The summed E-state index contributed by atoms with van der Waals surface area (Å²) in [5.41, 5.74) is -0.0194. The molecule has 1 atom stereocenters. The smallest absolute Gasteiger partial charge is 0.254 e. The lowest BCUT2D eigenvalue weighted by molar-refractivity contribution is 0.0826. The Kier molecular flexibility index (Phi) is 5.41. The van der Waals surface area contributed by atoms with Gasteiger partial charge in [0.2, 0.25) is 0 Å². The van der Waals surface area contributed by atoms with Crippen LogP contribution in [-0.4, -0.2) is 39.9 Å². The molecule has 2 aliphatic heterocycles. The van der Waals surface area contributed by atoms with Gasteiger partial charge in [0.05, 0.1) is 5.56 Å². The van der Waals surface area contributed by atoms with E-state index in [9.17, 15) is 9.18 Å². The number of carbonyl (C=O) groups excluding carboxylic acids is 1. The van der Waals surface area contributed by atoms with Crippen LogP contribution in [0.5, 0.6) is 0 Å². The number of hydrogen-bond acceptors (Lipinski definition) is 4. The van der Waals surface area contributed by atoms with Crippen LogP contribution in [0.1, 0.15) is 53.6 Å². The van der Waals surface area contributed by atoms with Crippen molar-refractivity contribution in [2.75, 3.05) is 13.2 Å². The lowest BCUT2D eigenvalue weighted by Crippen LogP contribution is -2.35. The van der Waals surface area contributed by atoms with E-state index in [0.29, 0.717) is 10.9 Å². The number of fused-ring (bicyclic) bond motifs is 1. The Hall–Kier alpha value is -1.99. The second-order valence-corrected chi connectivity index (χ2v) is 7.57. The van der Waals surface area contributed by atoms with Crippen molar-refractivity contribution in [3.63, 3.8) is 0 Å². The van der Waals surface area contributed by atoms with E-state index in [0.717, 1.165) is 63.5 Å². The van der Waals surface area contributed by atoms with Gasteiger partial charge in [-0.15, -0.1) is 10.2 Å². The monoisotopic (exact) mass is 392 g/mol. The van der Waals surface area contributed by atoms with Crippen molar-refractivity contribution < 1.29 is 13.9 Å². The number of nitrogens with zero attached hydrogens (tertiary/aromatic N) is 3. The van der Waals surface area contributed by atoms with Crippen LogP contribution in [0.2, 0.25) is 5.02 Å². The maximum atomic E-state index is 13.9. The third-order valence-corrected chi connectivity index (χ3v) is 5.60. The summed E-state index contributed by atoms with van der Waals surface area (Å²) in [6.07, 6.45) is 4.17. The first-order chi connectivity index (χ1) is 13.1. The third kappa shape index (κ3) is 3.99. The number of ether oxygens (including phenoxy) is 1. The highest BCUT2D eigenvalue weighted by Crippen LogP contribution is 2.28. The van der Waals surface area contributed by atoms with Crippen LogP contribution in [-0.2, 0) is 17.7 Å². The van der Waals surface area contributed by atoms with E-state index in [-0.39, 0.29) is 11.6 Å². The fourth-order valence-corrected chi connectivity index (χ4v) is 4.02. The molecular weight excluding hydrogens is 371 g/mol. The van der Waals surface area contributed by atoms with E-state index in [1.165, 1.54) is 18.2 Å². The van der Waals surface area contributed by atoms with Gasteiger partial charge >= 0.3 is 0 Å². The number of nitrogens with one attached hydrogen (secondary N) is 1. The molecule has 1 aromatic carbocycles. The van der Waals surface area contributed by atoms with Crippen molar-refractivity contribution in [3.05, 3.63) is 46.3 Å². The quantitative estimate of drug-likeness (QED) is 0.871. The minimum Gasteiger partial charge on any atom is -0.381 e. The van der Waals surface area contributed by atoms with Crippen LogP contribution in [0.4, 0.5) is 4.39 Å². The number of aromatic nitrogens is 3. The average molecular weight is 393 g/mol. The zero-order valence-corrected chi connectivity index (χ0v) is 15.7. The fourth-order valence-electron chi connectivity index (χ4n) is 3.85. The first-order valence-electron chi connectivity index (χ1n) is 9.37. The number of rotatable bonds is 3. The van der Waals surface area contributed by atoms with E-state index in [1.807, 2.05) is 0 Å². The van der Waals surface area contributed by atoms with Crippen molar-refractivity contribution >= 4 is 17.5 Å². The molecular formula is C19H22ClFN4O2. The molecule has 0 saturated carbocycles. The standard InChI is InChI=1S/C19H22ClFN4O2/c20-13-1-3-16(21)15(11-13)19(26)22-14-2-4-17-23-24-18(25(17)8-5-14)12-6-9-27-10-7-12/h1,3,11-12,14H,2,4-10H2,(H,22,26). The van der Waals surface area contributed by atoms with E-state index in [2.05, 4.69) is 20.1 Å². The Labute approximate surface area is 162 Å². The van der Waals surface area contributed by atoms with Gasteiger partial charge in [0.1, 0.15) is 17.5 Å². The van der Waals surface area contributed by atoms with Gasteiger partial charge in [0.15, 0.2) is 0 Å². The average Bonchev–Trinajstić information content (AvgIpc) is 2.99. The predicted molar refractivity (Wildman–Crippen MR) is 98.4 cm³/mol. The molecule has 0 bridgehead atoms. The lowest BCUT2D eigenvalue weighted by atomic mass is 9.99. The molecule has 1 amide bonds. The Morgan fingerprint density at radius 2 is 2.04 bits per heavy atom. The van der Waals surface area contributed by atoms with Gasteiger partial charge in [0.25, 0.3) is 5.91 Å². The molecule has 3 heterocycles. The molecule has 8 heteroatoms. The SMILES string of the molecule is O=C(NC1CCc2nnc(C3CCOCC3)n2CC1)c1cc(Cl)ccc1F. The number of amides is 1. The van der Waals surface area contributed by atoms with E-state index in [1.54, 1.807) is 0 Å². The number of carbonyl (C=O) groups is 1. The molecule has 1 unspecified atom stereocenters. The maximum Gasteiger partial charge on any atom is 0.254 e. The number of hydrogen-bond donors (Lipinski definition) is 1. The van der Waals surface area contributed by atoms with Gasteiger partial charge < -0.3 is 14.6 Å². The molecule has 4 rings (SSSR count). The molecule has 0 aliphatic carbocycles. The van der Waals surface area contributed by atoms with E-state index in [4.69, 9.17) is 16.3 Å². The third-order valence-electron chi connectivity index (χ3n) is 5.37. The van der Waals surface area contributed by atoms with Gasteiger partial charge in [-0.05, 0) is 43.9 Å². The molecule has 0 spiro atoms. The van der Waals surface area contributed by atoms with Crippen LogP contribution < -0.4 is 5.32 Å². The summed E-state index contributed by atoms with van der Waals surface area (Å²) >= 11 is 5.89. The summed E-state index contributed by atoms with van der Waals surface area (Å²) in [7, 11) is 0. The summed E-state index contributed by atoms with van der Waals surface area (Å²) in [6, 6.07) is 3.97.